The van der Waals surface area contributed by atoms with Crippen LogP contribution in [-0.2, 0) is 16.4 Å². The van der Waals surface area contributed by atoms with Crippen LogP contribution in [0.1, 0.15) is 51.4 Å². The number of pyridine rings is 1. The van der Waals surface area contributed by atoms with Gasteiger partial charge in [0.25, 0.3) is 21.8 Å². The molecule has 2 amide bonds. The average molecular weight is 527 g/mol. The van der Waals surface area contributed by atoms with Crippen molar-refractivity contribution in [2.24, 2.45) is 0 Å². The van der Waals surface area contributed by atoms with Crippen LogP contribution in [0.5, 0.6) is 11.5 Å². The van der Waals surface area contributed by atoms with Crippen LogP contribution in [0, 0.1) is 6.92 Å². The monoisotopic (exact) mass is 526 g/mol. The minimum atomic E-state index is -3.75. The number of nitrogens with zero attached hydrogens (tertiary/aromatic N) is 2. The Kier molecular flexibility index (Phi) is 8.24. The SMILES string of the molecule is CNC(=O)c1cc(Oc2cccc(CCNC(=O)c3cc(S(=O)(=O)N4CCCCC4)oc3C)c2)ccn1. The van der Waals surface area contributed by atoms with Crippen LogP contribution in [0.25, 0.3) is 0 Å². The van der Waals surface area contributed by atoms with E-state index in [9.17, 15) is 18.0 Å². The van der Waals surface area contributed by atoms with Crippen molar-refractivity contribution in [3.63, 3.8) is 0 Å². The van der Waals surface area contributed by atoms with Crippen molar-refractivity contribution < 1.29 is 27.2 Å². The molecule has 2 N–H and O–H groups in total. The highest BCUT2D eigenvalue weighted by Crippen LogP contribution is 2.25. The lowest BCUT2D eigenvalue weighted by Gasteiger charge is -2.24. The number of benzene rings is 1. The van der Waals surface area contributed by atoms with Crippen molar-refractivity contribution in [1.82, 2.24) is 19.9 Å². The van der Waals surface area contributed by atoms with Crippen molar-refractivity contribution in [3.8, 4) is 11.5 Å². The maximum atomic E-state index is 12.9. The molecule has 4 rings (SSSR count). The number of furan rings is 1. The molecule has 0 saturated carbocycles. The summed E-state index contributed by atoms with van der Waals surface area (Å²) in [5, 5.41) is 5.15. The second kappa shape index (κ2) is 11.6. The zero-order valence-corrected chi connectivity index (χ0v) is 21.6. The fourth-order valence-electron chi connectivity index (χ4n) is 4.08. The number of rotatable bonds is 9. The van der Waals surface area contributed by atoms with E-state index in [0.29, 0.717) is 37.6 Å². The Labute approximate surface area is 216 Å². The number of carbonyl (C=O) groups is 2. The predicted molar refractivity (Wildman–Crippen MR) is 136 cm³/mol. The molecule has 0 atom stereocenters. The van der Waals surface area contributed by atoms with Crippen LogP contribution in [0.2, 0.25) is 0 Å². The maximum Gasteiger partial charge on any atom is 0.276 e. The van der Waals surface area contributed by atoms with Gasteiger partial charge in [-0.1, -0.05) is 18.6 Å². The van der Waals surface area contributed by atoms with E-state index in [4.69, 9.17) is 9.15 Å². The Morgan fingerprint density at radius 1 is 1.05 bits per heavy atom. The zero-order chi connectivity index (χ0) is 26.4. The summed E-state index contributed by atoms with van der Waals surface area (Å²) < 4.78 is 38.5. The van der Waals surface area contributed by atoms with Gasteiger partial charge in [0.15, 0.2) is 0 Å². The van der Waals surface area contributed by atoms with Gasteiger partial charge in [-0.05, 0) is 49.9 Å². The maximum absolute atomic E-state index is 12.9. The van der Waals surface area contributed by atoms with Crippen LogP contribution in [0.3, 0.4) is 0 Å². The molecule has 196 valence electrons. The number of sulfonamides is 1. The Balaban J connectivity index is 1.35. The molecule has 1 aromatic carbocycles. The molecule has 37 heavy (non-hydrogen) atoms. The van der Waals surface area contributed by atoms with Crippen LogP contribution < -0.4 is 15.4 Å². The van der Waals surface area contributed by atoms with E-state index in [1.165, 1.54) is 23.6 Å². The number of piperidine rings is 1. The van der Waals surface area contributed by atoms with E-state index < -0.39 is 15.9 Å². The molecule has 11 heteroatoms. The summed E-state index contributed by atoms with van der Waals surface area (Å²) >= 11 is 0. The van der Waals surface area contributed by atoms with Gasteiger partial charge >= 0.3 is 0 Å². The summed E-state index contributed by atoms with van der Waals surface area (Å²) in [6.45, 7) is 2.84. The van der Waals surface area contributed by atoms with Gasteiger partial charge < -0.3 is 19.8 Å². The second-order valence-electron chi connectivity index (χ2n) is 8.71. The average Bonchev–Trinajstić information content (AvgIpc) is 3.31. The molecule has 3 heterocycles. The first-order valence-electron chi connectivity index (χ1n) is 12.1. The summed E-state index contributed by atoms with van der Waals surface area (Å²) in [5.41, 5.74) is 1.38. The smallest absolute Gasteiger partial charge is 0.276 e. The van der Waals surface area contributed by atoms with Crippen molar-refractivity contribution in [2.75, 3.05) is 26.7 Å². The van der Waals surface area contributed by atoms with Gasteiger partial charge in [-0.2, -0.15) is 4.31 Å². The molecule has 1 fully saturated rings. The molecule has 0 radical (unpaired) electrons. The van der Waals surface area contributed by atoms with Crippen molar-refractivity contribution in [1.29, 1.82) is 0 Å². The molecular weight excluding hydrogens is 496 g/mol. The first-order chi connectivity index (χ1) is 17.8. The second-order valence-corrected chi connectivity index (χ2v) is 10.6. The highest BCUT2D eigenvalue weighted by Gasteiger charge is 2.30. The molecule has 10 nitrogen and oxygen atoms in total. The predicted octanol–water partition coefficient (Wildman–Crippen LogP) is 3.28. The normalized spacial score (nSPS) is 14.2. The molecule has 0 bridgehead atoms. The number of ether oxygens (including phenoxy) is 1. The Hall–Kier alpha value is -3.70. The lowest BCUT2D eigenvalue weighted by Crippen LogP contribution is -2.35. The first-order valence-corrected chi connectivity index (χ1v) is 13.6. The molecule has 2 aromatic heterocycles. The van der Waals surface area contributed by atoms with E-state index in [2.05, 4.69) is 15.6 Å². The minimum Gasteiger partial charge on any atom is -0.457 e. The summed E-state index contributed by atoms with van der Waals surface area (Å²) in [5.74, 6) is 0.615. The molecular formula is C26H30N4O6S. The fourth-order valence-corrected chi connectivity index (χ4v) is 5.57. The van der Waals surface area contributed by atoms with Gasteiger partial charge in [-0.15, -0.1) is 0 Å². The summed E-state index contributed by atoms with van der Waals surface area (Å²) in [4.78, 5) is 28.6. The van der Waals surface area contributed by atoms with Crippen LogP contribution >= 0.6 is 0 Å². The van der Waals surface area contributed by atoms with Crippen LogP contribution in [0.4, 0.5) is 0 Å². The standard InChI is InChI=1S/C26H30N4O6S/c1-18-22(17-24(35-18)37(33,34)30-13-4-3-5-14-30)25(31)29-11-9-19-7-6-8-20(15-19)36-21-10-12-28-23(16-21)26(32)27-2/h6-8,10,12,15-17H,3-5,9,11,13-14H2,1-2H3,(H,27,32)(H,29,31). The quantitative estimate of drug-likeness (QED) is 0.437. The lowest BCUT2D eigenvalue weighted by atomic mass is 10.1. The van der Waals surface area contributed by atoms with Crippen molar-refractivity contribution in [3.05, 3.63) is 71.2 Å². The number of hydrogen-bond donors (Lipinski definition) is 2. The molecule has 0 unspecified atom stereocenters. The van der Waals surface area contributed by atoms with Crippen molar-refractivity contribution in [2.45, 2.75) is 37.7 Å². The number of amides is 2. The van der Waals surface area contributed by atoms with E-state index in [1.807, 2.05) is 18.2 Å². The first kappa shape index (κ1) is 26.4. The number of hydrogen-bond acceptors (Lipinski definition) is 7. The number of aromatic nitrogens is 1. The van der Waals surface area contributed by atoms with Gasteiger partial charge in [0.2, 0.25) is 5.09 Å². The third-order valence-electron chi connectivity index (χ3n) is 6.07. The van der Waals surface area contributed by atoms with E-state index in [1.54, 1.807) is 25.1 Å². The van der Waals surface area contributed by atoms with Gasteiger partial charge in [0.05, 0.1) is 5.56 Å². The molecule has 3 aromatic rings. The Bertz CT molecular complexity index is 1380. The number of carbonyl (C=O) groups excluding carboxylic acids is 2. The summed E-state index contributed by atoms with van der Waals surface area (Å²) in [6.07, 6.45) is 4.67. The van der Waals surface area contributed by atoms with Crippen molar-refractivity contribution >= 4 is 21.8 Å². The van der Waals surface area contributed by atoms with Gasteiger partial charge in [-0.25, -0.2) is 8.42 Å². The minimum absolute atomic E-state index is 0.197. The van der Waals surface area contributed by atoms with Crippen LogP contribution in [0.15, 0.2) is 58.2 Å². The van der Waals surface area contributed by atoms with E-state index >= 15 is 0 Å². The number of aryl methyl sites for hydroxylation is 1. The largest absolute Gasteiger partial charge is 0.457 e. The number of nitrogens with one attached hydrogen (secondary N) is 2. The molecule has 1 saturated heterocycles. The van der Waals surface area contributed by atoms with Crippen LogP contribution in [-0.4, -0.2) is 56.2 Å². The Morgan fingerprint density at radius 3 is 2.57 bits per heavy atom. The molecule has 0 spiro atoms. The zero-order valence-electron chi connectivity index (χ0n) is 20.8. The molecule has 0 aliphatic carbocycles. The molecule has 1 aliphatic rings. The van der Waals surface area contributed by atoms with Gasteiger partial charge in [-0.3, -0.25) is 14.6 Å². The fraction of sp³-hybridized carbons (Fsp3) is 0.346. The topological polar surface area (TPSA) is 131 Å². The summed E-state index contributed by atoms with van der Waals surface area (Å²) in [6, 6.07) is 11.9. The molecule has 1 aliphatic heterocycles. The van der Waals surface area contributed by atoms with E-state index in [0.717, 1.165) is 24.8 Å². The highest BCUT2D eigenvalue weighted by atomic mass is 32.2. The third kappa shape index (κ3) is 6.36. The summed E-state index contributed by atoms with van der Waals surface area (Å²) in [7, 11) is -2.22. The Morgan fingerprint density at radius 2 is 1.81 bits per heavy atom. The van der Waals surface area contributed by atoms with Gasteiger partial charge in [0.1, 0.15) is 23.0 Å². The van der Waals surface area contributed by atoms with E-state index in [-0.39, 0.29) is 28.0 Å². The van der Waals surface area contributed by atoms with Gasteiger partial charge in [0, 0.05) is 45.0 Å². The lowest BCUT2D eigenvalue weighted by molar-refractivity contribution is 0.0946. The highest BCUT2D eigenvalue weighted by molar-refractivity contribution is 7.89. The third-order valence-corrected chi connectivity index (χ3v) is 7.83.